The predicted octanol–water partition coefficient (Wildman–Crippen LogP) is 2.21. The van der Waals surface area contributed by atoms with Crippen molar-refractivity contribution >= 4 is 0 Å². The Balaban J connectivity index is 2.42. The third kappa shape index (κ3) is 1.26. The van der Waals surface area contributed by atoms with Crippen LogP contribution in [0.5, 0.6) is 0 Å². The minimum atomic E-state index is -0.155. The Morgan fingerprint density at radius 1 is 1.55 bits per heavy atom. The second kappa shape index (κ2) is 2.31. The smallest absolute Gasteiger partial charge is 0.129 e. The zero-order chi connectivity index (χ0) is 7.84. The highest BCUT2D eigenvalue weighted by atomic mass is 19.1. The van der Waals surface area contributed by atoms with Crippen LogP contribution >= 0.6 is 0 Å². The van der Waals surface area contributed by atoms with Crippen molar-refractivity contribution in [3.05, 3.63) is 35.1 Å². The van der Waals surface area contributed by atoms with Gasteiger partial charge in [-0.25, -0.2) is 4.39 Å². The Hall–Kier alpha value is -0.890. The van der Waals surface area contributed by atoms with E-state index >= 15 is 0 Å². The third-order valence-corrected chi connectivity index (χ3v) is 1.83. The number of rotatable bonds is 1. The highest BCUT2D eigenvalue weighted by Gasteiger charge is 2.27. The van der Waals surface area contributed by atoms with E-state index in [-0.39, 0.29) is 11.9 Å². The van der Waals surface area contributed by atoms with Crippen LogP contribution in [0.1, 0.15) is 17.2 Å². The van der Waals surface area contributed by atoms with Crippen molar-refractivity contribution in [1.82, 2.24) is 0 Å². The second-order valence-corrected chi connectivity index (χ2v) is 2.85. The Bertz CT molecular complexity index is 279. The van der Waals surface area contributed by atoms with E-state index in [1.54, 1.807) is 6.07 Å². The monoisotopic (exact) mass is 152 g/mol. The predicted molar refractivity (Wildman–Crippen MR) is 39.8 cm³/mol. The van der Waals surface area contributed by atoms with Crippen molar-refractivity contribution in [2.75, 3.05) is 6.61 Å². The molecule has 1 fully saturated rings. The van der Waals surface area contributed by atoms with E-state index in [0.717, 1.165) is 5.56 Å². The molecule has 0 bridgehead atoms. The molecule has 0 N–H and O–H groups in total. The summed E-state index contributed by atoms with van der Waals surface area (Å²) in [7, 11) is 0. The van der Waals surface area contributed by atoms with Gasteiger partial charge in [0, 0.05) is 5.56 Å². The fourth-order valence-corrected chi connectivity index (χ4v) is 1.14. The van der Waals surface area contributed by atoms with Gasteiger partial charge in [-0.15, -0.1) is 0 Å². The van der Waals surface area contributed by atoms with Crippen molar-refractivity contribution in [2.45, 2.75) is 13.0 Å². The van der Waals surface area contributed by atoms with Crippen LogP contribution in [0.4, 0.5) is 4.39 Å². The van der Waals surface area contributed by atoms with Crippen LogP contribution in [0.15, 0.2) is 18.2 Å². The lowest BCUT2D eigenvalue weighted by Crippen LogP contribution is -1.88. The lowest BCUT2D eigenvalue weighted by Gasteiger charge is -1.98. The van der Waals surface area contributed by atoms with Gasteiger partial charge in [-0.1, -0.05) is 17.7 Å². The summed E-state index contributed by atoms with van der Waals surface area (Å²) >= 11 is 0. The molecule has 2 heteroatoms. The van der Waals surface area contributed by atoms with Crippen LogP contribution in [0.25, 0.3) is 0 Å². The van der Waals surface area contributed by atoms with Crippen molar-refractivity contribution in [3.8, 4) is 0 Å². The molecule has 0 unspecified atom stereocenters. The molecule has 1 aliphatic heterocycles. The van der Waals surface area contributed by atoms with Gasteiger partial charge in [-0.2, -0.15) is 0 Å². The van der Waals surface area contributed by atoms with Crippen molar-refractivity contribution < 1.29 is 9.13 Å². The van der Waals surface area contributed by atoms with E-state index in [9.17, 15) is 4.39 Å². The maximum Gasteiger partial charge on any atom is 0.129 e. The van der Waals surface area contributed by atoms with E-state index in [2.05, 4.69) is 0 Å². The molecule has 58 valence electrons. The first-order valence-electron chi connectivity index (χ1n) is 3.65. The fraction of sp³-hybridized carbons (Fsp3) is 0.333. The average Bonchev–Trinajstić information content (AvgIpc) is 2.76. The molecule has 1 aromatic rings. The minimum absolute atomic E-state index is 0.0231. The van der Waals surface area contributed by atoms with E-state index in [1.165, 1.54) is 6.07 Å². The Morgan fingerprint density at radius 3 is 2.91 bits per heavy atom. The van der Waals surface area contributed by atoms with Crippen LogP contribution in [0.3, 0.4) is 0 Å². The van der Waals surface area contributed by atoms with Gasteiger partial charge in [0.15, 0.2) is 0 Å². The zero-order valence-corrected chi connectivity index (χ0v) is 6.30. The van der Waals surface area contributed by atoms with Crippen molar-refractivity contribution in [1.29, 1.82) is 0 Å². The molecule has 2 rings (SSSR count). The molecule has 0 saturated carbocycles. The quantitative estimate of drug-likeness (QED) is 0.562. The number of aryl methyl sites for hydroxylation is 1. The Kier molecular flexibility index (Phi) is 1.43. The largest absolute Gasteiger partial charge is 0.368 e. The average molecular weight is 152 g/mol. The summed E-state index contributed by atoms with van der Waals surface area (Å²) in [6.07, 6.45) is 0.0231. The Morgan fingerprint density at radius 2 is 2.27 bits per heavy atom. The number of epoxide rings is 1. The molecule has 1 saturated heterocycles. The summed E-state index contributed by atoms with van der Waals surface area (Å²) in [4.78, 5) is 0. The normalized spacial score (nSPS) is 21.8. The van der Waals surface area contributed by atoms with Gasteiger partial charge in [0.2, 0.25) is 0 Å². The van der Waals surface area contributed by atoms with E-state index in [0.29, 0.717) is 12.2 Å². The van der Waals surface area contributed by atoms with E-state index in [1.807, 2.05) is 13.0 Å². The summed E-state index contributed by atoms with van der Waals surface area (Å²) in [5, 5.41) is 0. The van der Waals surface area contributed by atoms with Gasteiger partial charge in [0.1, 0.15) is 11.9 Å². The second-order valence-electron chi connectivity index (χ2n) is 2.85. The SMILES string of the molecule is Cc1ccc(F)c([C@@H]2CO2)c1. The number of ether oxygens (including phenoxy) is 1. The van der Waals surface area contributed by atoms with Crippen LogP contribution in [0, 0.1) is 12.7 Å². The molecule has 0 radical (unpaired) electrons. The molecule has 0 aliphatic carbocycles. The van der Waals surface area contributed by atoms with Crippen molar-refractivity contribution in [3.63, 3.8) is 0 Å². The number of benzene rings is 1. The minimum Gasteiger partial charge on any atom is -0.368 e. The molecule has 0 aromatic heterocycles. The number of halogens is 1. The molecule has 1 aromatic carbocycles. The maximum absolute atomic E-state index is 13.0. The van der Waals surface area contributed by atoms with Gasteiger partial charge in [0.25, 0.3) is 0 Å². The molecule has 1 nitrogen and oxygen atoms in total. The molecule has 1 heterocycles. The van der Waals surface area contributed by atoms with Crippen LogP contribution in [-0.4, -0.2) is 6.61 Å². The summed E-state index contributed by atoms with van der Waals surface area (Å²) < 4.78 is 18.0. The molecular formula is C9H9FO. The molecular weight excluding hydrogens is 143 g/mol. The van der Waals surface area contributed by atoms with E-state index in [4.69, 9.17) is 4.74 Å². The lowest BCUT2D eigenvalue weighted by atomic mass is 10.1. The van der Waals surface area contributed by atoms with Gasteiger partial charge in [-0.05, 0) is 13.0 Å². The summed E-state index contributed by atoms with van der Waals surface area (Å²) in [6, 6.07) is 5.10. The topological polar surface area (TPSA) is 12.5 Å². The number of hydrogen-bond donors (Lipinski definition) is 0. The fourth-order valence-electron chi connectivity index (χ4n) is 1.14. The summed E-state index contributed by atoms with van der Waals surface area (Å²) in [5.41, 5.74) is 1.78. The first-order valence-corrected chi connectivity index (χ1v) is 3.65. The first kappa shape index (κ1) is 6.80. The molecule has 1 aliphatic rings. The van der Waals surface area contributed by atoms with Gasteiger partial charge in [-0.3, -0.25) is 0 Å². The first-order chi connectivity index (χ1) is 5.27. The standard InChI is InChI=1S/C9H9FO/c1-6-2-3-8(10)7(4-6)9-5-11-9/h2-4,9H,5H2,1H3/t9-/m0/s1. The highest BCUT2D eigenvalue weighted by molar-refractivity contribution is 5.27. The third-order valence-electron chi connectivity index (χ3n) is 1.83. The van der Waals surface area contributed by atoms with Crippen LogP contribution < -0.4 is 0 Å². The van der Waals surface area contributed by atoms with Gasteiger partial charge < -0.3 is 4.74 Å². The van der Waals surface area contributed by atoms with Crippen LogP contribution in [0.2, 0.25) is 0 Å². The highest BCUT2D eigenvalue weighted by Crippen LogP contribution is 2.31. The summed E-state index contributed by atoms with van der Waals surface area (Å²) in [5.74, 6) is -0.155. The maximum atomic E-state index is 13.0. The molecule has 11 heavy (non-hydrogen) atoms. The molecule has 0 amide bonds. The van der Waals surface area contributed by atoms with Crippen molar-refractivity contribution in [2.24, 2.45) is 0 Å². The van der Waals surface area contributed by atoms with Gasteiger partial charge in [0.05, 0.1) is 6.61 Å². The van der Waals surface area contributed by atoms with Gasteiger partial charge >= 0.3 is 0 Å². The van der Waals surface area contributed by atoms with E-state index < -0.39 is 0 Å². The zero-order valence-electron chi connectivity index (χ0n) is 6.30. The molecule has 0 spiro atoms. The lowest BCUT2D eigenvalue weighted by molar-refractivity contribution is 0.408. The molecule has 1 atom stereocenters. The van der Waals surface area contributed by atoms with Crippen LogP contribution in [-0.2, 0) is 4.74 Å². The summed E-state index contributed by atoms with van der Waals surface area (Å²) in [6.45, 7) is 2.62. The Labute approximate surface area is 64.8 Å². The number of hydrogen-bond acceptors (Lipinski definition) is 1.